The second kappa shape index (κ2) is 7.79. The van der Waals surface area contributed by atoms with Crippen molar-refractivity contribution in [3.05, 3.63) is 65.7 Å². The molecule has 0 aliphatic heterocycles. The third-order valence-corrected chi connectivity index (χ3v) is 7.58. The monoisotopic (exact) mass is 382 g/mol. The van der Waals surface area contributed by atoms with E-state index in [1.807, 2.05) is 55.5 Å². The first-order chi connectivity index (χ1) is 11.6. The molecule has 134 valence electrons. The lowest BCUT2D eigenvalue weighted by Gasteiger charge is -2.17. The Morgan fingerprint density at radius 1 is 0.920 bits per heavy atom. The molecular weight excluding hydrogens is 362 g/mol. The van der Waals surface area contributed by atoms with Crippen LogP contribution in [0.15, 0.2) is 54.6 Å². The number of hydrogen-bond acceptors (Lipinski definition) is 2. The second-order valence-corrected chi connectivity index (χ2v) is 9.74. The molecule has 0 aliphatic rings. The fourth-order valence-corrected chi connectivity index (χ4v) is 4.82. The fraction of sp³-hybridized carbons (Fsp3) is 0.176. The Morgan fingerprint density at radius 3 is 2.04 bits per heavy atom. The van der Waals surface area contributed by atoms with Gasteiger partial charge in [-0.2, -0.15) is 0 Å². The smallest absolute Gasteiger partial charge is 0.324 e. The Balaban J connectivity index is 2.19. The van der Waals surface area contributed by atoms with Crippen molar-refractivity contribution in [3.63, 3.8) is 0 Å². The third kappa shape index (κ3) is 5.48. The summed E-state index contributed by atoms with van der Waals surface area (Å²) in [5.74, 6) is 0. The maximum Gasteiger partial charge on any atom is 0.341 e. The number of hydrogen-bond donors (Lipinski definition) is 4. The molecule has 0 spiro atoms. The van der Waals surface area contributed by atoms with Crippen molar-refractivity contribution in [1.29, 1.82) is 0 Å². The number of aryl methyl sites for hydroxylation is 1. The Kier molecular flexibility index (Phi) is 6.17. The van der Waals surface area contributed by atoms with Crippen LogP contribution in [-0.2, 0) is 9.13 Å². The summed E-state index contributed by atoms with van der Waals surface area (Å²) >= 11 is 0. The van der Waals surface area contributed by atoms with Gasteiger partial charge in [-0.05, 0) is 35.6 Å². The Labute approximate surface area is 146 Å². The van der Waals surface area contributed by atoms with Gasteiger partial charge in [0, 0.05) is 0 Å². The van der Waals surface area contributed by atoms with Crippen molar-refractivity contribution in [1.82, 2.24) is 0 Å². The van der Waals surface area contributed by atoms with E-state index >= 15 is 0 Å². The molecular formula is C17H20O6P2. The van der Waals surface area contributed by atoms with Crippen molar-refractivity contribution in [2.45, 2.75) is 18.7 Å². The quantitative estimate of drug-likeness (QED) is 0.566. The molecule has 0 radical (unpaired) electrons. The van der Waals surface area contributed by atoms with E-state index in [2.05, 4.69) is 0 Å². The molecule has 0 atom stereocenters. The van der Waals surface area contributed by atoms with Gasteiger partial charge in [-0.3, -0.25) is 9.13 Å². The molecule has 2 aromatic rings. The molecule has 0 heterocycles. The van der Waals surface area contributed by atoms with Crippen LogP contribution in [0.25, 0.3) is 17.2 Å². The minimum absolute atomic E-state index is 0.408. The SMILES string of the molecule is Cc1cc(-c2ccccc2)ccc1/C=C/CC(P(=O)(O)O)P(=O)(O)O. The molecule has 4 N–H and O–H groups in total. The summed E-state index contributed by atoms with van der Waals surface area (Å²) in [5.41, 5.74) is 3.87. The average molecular weight is 382 g/mol. The number of rotatable bonds is 6. The van der Waals surface area contributed by atoms with Gasteiger partial charge in [-0.1, -0.05) is 60.7 Å². The Morgan fingerprint density at radius 2 is 1.52 bits per heavy atom. The molecule has 2 aromatic carbocycles. The van der Waals surface area contributed by atoms with Crippen LogP contribution in [0.3, 0.4) is 0 Å². The first-order valence-corrected chi connectivity index (χ1v) is 10.9. The van der Waals surface area contributed by atoms with E-state index in [0.29, 0.717) is 0 Å². The van der Waals surface area contributed by atoms with Crippen LogP contribution in [0, 0.1) is 6.92 Å². The highest BCUT2D eigenvalue weighted by atomic mass is 31.2. The van der Waals surface area contributed by atoms with Crippen LogP contribution < -0.4 is 0 Å². The summed E-state index contributed by atoms with van der Waals surface area (Å²) in [6.07, 6.45) is 2.59. The van der Waals surface area contributed by atoms with E-state index in [1.54, 1.807) is 6.08 Å². The van der Waals surface area contributed by atoms with Gasteiger partial charge >= 0.3 is 15.2 Å². The van der Waals surface area contributed by atoms with E-state index in [1.165, 1.54) is 6.08 Å². The van der Waals surface area contributed by atoms with Crippen molar-refractivity contribution < 1.29 is 28.7 Å². The van der Waals surface area contributed by atoms with Crippen molar-refractivity contribution in [2.75, 3.05) is 0 Å². The zero-order chi connectivity index (χ0) is 18.7. The third-order valence-electron chi connectivity index (χ3n) is 3.80. The topological polar surface area (TPSA) is 115 Å². The van der Waals surface area contributed by atoms with Crippen LogP contribution >= 0.6 is 15.2 Å². The molecule has 0 unspecified atom stereocenters. The van der Waals surface area contributed by atoms with Gasteiger partial charge in [-0.15, -0.1) is 0 Å². The van der Waals surface area contributed by atoms with Crippen molar-refractivity contribution in [3.8, 4) is 11.1 Å². The van der Waals surface area contributed by atoms with E-state index in [4.69, 9.17) is 19.6 Å². The predicted octanol–water partition coefficient (Wildman–Crippen LogP) is 3.75. The summed E-state index contributed by atoms with van der Waals surface area (Å²) in [7, 11) is -9.79. The Hall–Kier alpha value is -1.52. The maximum absolute atomic E-state index is 11.3. The minimum atomic E-state index is -4.89. The van der Waals surface area contributed by atoms with E-state index in [0.717, 1.165) is 22.3 Å². The Bertz CT molecular complexity index is 829. The second-order valence-electron chi connectivity index (χ2n) is 5.73. The van der Waals surface area contributed by atoms with Gasteiger partial charge < -0.3 is 19.6 Å². The molecule has 0 amide bonds. The van der Waals surface area contributed by atoms with E-state index < -0.39 is 27.0 Å². The zero-order valence-electron chi connectivity index (χ0n) is 13.6. The number of allylic oxidation sites excluding steroid dienone is 1. The molecule has 0 aliphatic carbocycles. The van der Waals surface area contributed by atoms with Gasteiger partial charge in [0.15, 0.2) is 5.40 Å². The highest BCUT2D eigenvalue weighted by Crippen LogP contribution is 2.61. The first-order valence-electron chi connectivity index (χ1n) is 7.52. The lowest BCUT2D eigenvalue weighted by Crippen LogP contribution is -2.07. The van der Waals surface area contributed by atoms with Gasteiger partial charge in [-0.25, -0.2) is 0 Å². The minimum Gasteiger partial charge on any atom is -0.324 e. The molecule has 6 nitrogen and oxygen atoms in total. The molecule has 0 saturated heterocycles. The van der Waals surface area contributed by atoms with Crippen LogP contribution in [0.2, 0.25) is 0 Å². The number of benzene rings is 2. The van der Waals surface area contributed by atoms with Gasteiger partial charge in [0.05, 0.1) is 0 Å². The van der Waals surface area contributed by atoms with Crippen LogP contribution in [0.1, 0.15) is 17.5 Å². The van der Waals surface area contributed by atoms with Crippen molar-refractivity contribution >= 4 is 21.3 Å². The molecule has 0 bridgehead atoms. The molecule has 0 saturated carbocycles. The molecule has 0 fully saturated rings. The highest BCUT2D eigenvalue weighted by molar-refractivity contribution is 7.70. The summed E-state index contributed by atoms with van der Waals surface area (Å²) < 4.78 is 22.5. The van der Waals surface area contributed by atoms with Crippen molar-refractivity contribution in [2.24, 2.45) is 0 Å². The highest BCUT2D eigenvalue weighted by Gasteiger charge is 2.42. The van der Waals surface area contributed by atoms with Gasteiger partial charge in [0.25, 0.3) is 0 Å². The molecule has 0 aromatic heterocycles. The molecule has 8 heteroatoms. The van der Waals surface area contributed by atoms with E-state index in [9.17, 15) is 9.13 Å². The van der Waals surface area contributed by atoms with Crippen LogP contribution in [0.4, 0.5) is 0 Å². The predicted molar refractivity (Wildman–Crippen MR) is 98.1 cm³/mol. The fourth-order valence-electron chi connectivity index (χ4n) is 2.46. The normalized spacial score (nSPS) is 12.9. The summed E-state index contributed by atoms with van der Waals surface area (Å²) in [6, 6.07) is 15.6. The van der Waals surface area contributed by atoms with Crippen LogP contribution in [0.5, 0.6) is 0 Å². The van der Waals surface area contributed by atoms with Gasteiger partial charge in [0.1, 0.15) is 0 Å². The first kappa shape index (κ1) is 19.8. The summed E-state index contributed by atoms with van der Waals surface area (Å²) in [4.78, 5) is 36.4. The molecule has 2 rings (SSSR count). The summed E-state index contributed by atoms with van der Waals surface area (Å²) in [6.45, 7) is 1.90. The maximum atomic E-state index is 11.3. The summed E-state index contributed by atoms with van der Waals surface area (Å²) in [5, 5.41) is -2.01. The zero-order valence-corrected chi connectivity index (χ0v) is 15.3. The lowest BCUT2D eigenvalue weighted by molar-refractivity contribution is 0.339. The lowest BCUT2D eigenvalue weighted by atomic mass is 9.99. The average Bonchev–Trinajstić information content (AvgIpc) is 2.51. The van der Waals surface area contributed by atoms with Crippen LogP contribution in [-0.4, -0.2) is 25.0 Å². The largest absolute Gasteiger partial charge is 0.341 e. The molecule has 25 heavy (non-hydrogen) atoms. The van der Waals surface area contributed by atoms with Gasteiger partial charge in [0.2, 0.25) is 0 Å². The standard InChI is InChI=1S/C17H20O6P2/c1-13-12-16(15-6-3-2-4-7-15)11-10-14(13)8-5-9-17(24(18,19)20)25(21,22)23/h2-8,10-12,17H,9H2,1H3,(H2,18,19,20)(H2,21,22,23)/b8-5+. The van der Waals surface area contributed by atoms with E-state index in [-0.39, 0.29) is 0 Å².